The Kier molecular flexibility index (Phi) is 13.6. The van der Waals surface area contributed by atoms with Gasteiger partial charge in [-0.15, -0.1) is 5.10 Å². The second-order valence-electron chi connectivity index (χ2n) is 16.6. The highest BCUT2D eigenvalue weighted by Crippen LogP contribution is 2.37. The molecule has 2 aromatic heterocycles. The third-order valence-electron chi connectivity index (χ3n) is 11.0. The van der Waals surface area contributed by atoms with Crippen molar-refractivity contribution in [3.05, 3.63) is 99.1 Å². The molecule has 4 N–H and O–H groups in total. The highest BCUT2D eigenvalue weighted by atomic mass is 35.5. The topological polar surface area (TPSA) is 194 Å². The van der Waals surface area contributed by atoms with Crippen molar-refractivity contribution in [1.29, 1.82) is 0 Å². The predicted molar refractivity (Wildman–Crippen MR) is 252 cm³/mol. The van der Waals surface area contributed by atoms with Crippen LogP contribution in [0.4, 0.5) is 22.0 Å². The zero-order valence-electron chi connectivity index (χ0n) is 36.7. The molecule has 1 amide bonds. The van der Waals surface area contributed by atoms with Crippen LogP contribution < -0.4 is 20.3 Å². The van der Waals surface area contributed by atoms with Crippen LogP contribution in [0.1, 0.15) is 60.6 Å². The van der Waals surface area contributed by atoms with E-state index in [-0.39, 0.29) is 11.4 Å². The number of hydrogen-bond acceptors (Lipinski definition) is 12. The average Bonchev–Trinajstić information content (AvgIpc) is 3.90. The Bertz CT molecular complexity index is 2910. The number of hydrogen-bond donors (Lipinski definition) is 4. The van der Waals surface area contributed by atoms with Gasteiger partial charge in [-0.2, -0.15) is 0 Å². The number of nitrogens with zero attached hydrogens (tertiary/aromatic N) is 6. The summed E-state index contributed by atoms with van der Waals surface area (Å²) in [6, 6.07) is 18.6. The molecule has 0 unspecified atom stereocenters. The van der Waals surface area contributed by atoms with Crippen molar-refractivity contribution in [3.63, 3.8) is 0 Å². The number of carboxylic acids is 1. The largest absolute Gasteiger partial charge is 0.481 e. The number of nitrogens with one attached hydrogen (secondary N) is 3. The van der Waals surface area contributed by atoms with E-state index in [0.29, 0.717) is 82.3 Å². The Balaban J connectivity index is 1.10. The summed E-state index contributed by atoms with van der Waals surface area (Å²) in [5.74, 6) is 6.05. The van der Waals surface area contributed by atoms with Crippen molar-refractivity contribution in [2.75, 3.05) is 46.9 Å². The maximum atomic E-state index is 14.3. The van der Waals surface area contributed by atoms with Crippen molar-refractivity contribution in [1.82, 2.24) is 30.3 Å². The van der Waals surface area contributed by atoms with Gasteiger partial charge in [-0.25, -0.2) is 27.9 Å². The first-order valence-corrected chi connectivity index (χ1v) is 23.6. The average molecular weight is 925 g/mol. The molecule has 334 valence electrons. The van der Waals surface area contributed by atoms with Gasteiger partial charge in [0.1, 0.15) is 5.60 Å². The molecule has 1 fully saturated rings. The van der Waals surface area contributed by atoms with E-state index in [1.165, 1.54) is 11.8 Å². The van der Waals surface area contributed by atoms with Crippen molar-refractivity contribution in [3.8, 4) is 11.8 Å². The zero-order valence-corrected chi connectivity index (χ0v) is 39.1. The lowest BCUT2D eigenvalue weighted by Crippen LogP contribution is -2.35. The van der Waals surface area contributed by atoms with Crippen molar-refractivity contribution in [2.45, 2.75) is 77.1 Å². The number of rotatable bonds is 13. The summed E-state index contributed by atoms with van der Waals surface area (Å²) in [4.78, 5) is 35.7. The summed E-state index contributed by atoms with van der Waals surface area (Å²) in [6.07, 6.45) is 0.0248. The van der Waals surface area contributed by atoms with E-state index in [4.69, 9.17) is 26.3 Å². The summed E-state index contributed by atoms with van der Waals surface area (Å²) < 4.78 is 38.5. The third-order valence-corrected chi connectivity index (χ3v) is 13.6. The minimum atomic E-state index is -4.07. The maximum absolute atomic E-state index is 14.3. The maximum Gasteiger partial charge on any atom is 0.407 e. The highest BCUT2D eigenvalue weighted by Gasteiger charge is 2.30. The van der Waals surface area contributed by atoms with Gasteiger partial charge in [0.15, 0.2) is 22.1 Å². The number of anilines is 3. The van der Waals surface area contributed by atoms with E-state index >= 15 is 0 Å². The van der Waals surface area contributed by atoms with Gasteiger partial charge < -0.3 is 25.4 Å². The molecule has 15 nitrogen and oxygen atoms in total. The van der Waals surface area contributed by atoms with E-state index in [2.05, 4.69) is 37.5 Å². The quantitative estimate of drug-likeness (QED) is 0.0376. The molecule has 0 saturated carbocycles. The summed E-state index contributed by atoms with van der Waals surface area (Å²) in [7, 11) is -4.07. The molecule has 0 radical (unpaired) electrons. The number of thioether (sulfide) groups is 1. The molecular formula is C46H50ClN9O6S2. The zero-order chi connectivity index (χ0) is 45.9. The van der Waals surface area contributed by atoms with Crippen LogP contribution in [-0.4, -0.2) is 88.1 Å². The standard InChI is InChI=1S/C46H50ClN9O6S2/c1-27-29(3)40(64(60,61)53-37-18-19-38(36-12-9-8-11-35(36)37)55-23-20-32(26-55)43(57)58)30(4)28(2)34(27)13-10-24-63-44-50-41(48-21-22-49-45(59)62-46(5,6)7)39-42(51-44)56(54-52-39)25-31-14-16-33(47)17-15-31/h8-9,11-12,14-19,32,53H,20-26H2,1-7H3,(H,49,59)(H,57,58)(H,48,50,51)/t32-/m0/s1. The number of fused-ring (bicyclic) bond motifs is 2. The Labute approximate surface area is 381 Å². The molecule has 64 heavy (non-hydrogen) atoms. The van der Waals surface area contributed by atoms with Gasteiger partial charge in [-0.05, 0) is 107 Å². The monoisotopic (exact) mass is 923 g/mol. The van der Waals surface area contributed by atoms with E-state index in [9.17, 15) is 23.1 Å². The number of carboxylic acid groups (broad SMARTS) is 1. The molecule has 1 atom stereocenters. The van der Waals surface area contributed by atoms with Crippen LogP contribution in [0.15, 0.2) is 70.7 Å². The second-order valence-corrected chi connectivity index (χ2v) is 19.6. The van der Waals surface area contributed by atoms with Crippen LogP contribution in [0.25, 0.3) is 21.9 Å². The van der Waals surface area contributed by atoms with E-state index in [1.54, 1.807) is 45.4 Å². The number of carbonyl (C=O) groups excluding carboxylic acids is 1. The van der Waals surface area contributed by atoms with Crippen molar-refractivity contribution in [2.24, 2.45) is 5.92 Å². The number of ether oxygens (including phenoxy) is 1. The van der Waals surface area contributed by atoms with Gasteiger partial charge in [-0.3, -0.25) is 9.52 Å². The Hall–Kier alpha value is -6.09. The van der Waals surface area contributed by atoms with Crippen molar-refractivity contribution < 1.29 is 27.9 Å². The number of sulfonamides is 1. The third kappa shape index (κ3) is 10.3. The number of carbonyl (C=O) groups is 2. The predicted octanol–water partition coefficient (Wildman–Crippen LogP) is 8.10. The first kappa shape index (κ1) is 45.9. The second kappa shape index (κ2) is 18.9. The number of amides is 1. The molecular weight excluding hydrogens is 874 g/mol. The van der Waals surface area contributed by atoms with E-state index in [1.807, 2.05) is 73.3 Å². The lowest BCUT2D eigenvalue weighted by atomic mass is 9.94. The molecule has 7 rings (SSSR count). The Morgan fingerprint density at radius 3 is 2.33 bits per heavy atom. The van der Waals surface area contributed by atoms with Crippen LogP contribution in [0.2, 0.25) is 5.02 Å². The number of aliphatic carboxylic acids is 1. The van der Waals surface area contributed by atoms with Gasteiger partial charge in [0.2, 0.25) is 0 Å². The van der Waals surface area contributed by atoms with E-state index < -0.39 is 33.6 Å². The van der Waals surface area contributed by atoms with Gasteiger partial charge >= 0.3 is 12.1 Å². The fourth-order valence-electron chi connectivity index (χ4n) is 7.67. The summed E-state index contributed by atoms with van der Waals surface area (Å²) in [5, 5.41) is 26.9. The normalized spacial score (nSPS) is 14.1. The lowest BCUT2D eigenvalue weighted by Gasteiger charge is -2.23. The summed E-state index contributed by atoms with van der Waals surface area (Å²) in [6.45, 7) is 14.7. The van der Waals surface area contributed by atoms with Crippen LogP contribution in [0.5, 0.6) is 0 Å². The molecule has 1 aliphatic heterocycles. The smallest absolute Gasteiger partial charge is 0.407 e. The van der Waals surface area contributed by atoms with Crippen LogP contribution in [0.3, 0.4) is 0 Å². The fourth-order valence-corrected chi connectivity index (χ4v) is 10.1. The number of alkyl carbamates (subject to hydrolysis) is 1. The first-order chi connectivity index (χ1) is 30.4. The SMILES string of the molecule is Cc1c(C)c(S(=O)(=O)Nc2ccc(N3CC[C@H](C(=O)O)C3)c3ccccc23)c(C)c(C)c1C#CCSc1nc(NCCNC(=O)OC(C)(C)C)c2nnn(Cc3ccc(Cl)cc3)c2n1. The molecule has 0 spiro atoms. The van der Waals surface area contributed by atoms with Crippen LogP contribution >= 0.6 is 23.4 Å². The number of benzene rings is 4. The summed E-state index contributed by atoms with van der Waals surface area (Å²) in [5.41, 5.74) is 6.05. The Morgan fingerprint density at radius 2 is 1.66 bits per heavy atom. The van der Waals surface area contributed by atoms with Crippen LogP contribution in [-0.2, 0) is 26.1 Å². The number of halogens is 1. The minimum Gasteiger partial charge on any atom is -0.481 e. The van der Waals surface area contributed by atoms with E-state index in [0.717, 1.165) is 38.7 Å². The molecule has 1 saturated heterocycles. The highest BCUT2D eigenvalue weighted by molar-refractivity contribution is 7.99. The molecule has 1 aliphatic rings. The molecule has 4 aromatic carbocycles. The van der Waals surface area contributed by atoms with Gasteiger partial charge in [0.05, 0.1) is 28.8 Å². The minimum absolute atomic E-state index is 0.200. The number of aromatic nitrogens is 5. The van der Waals surface area contributed by atoms with Gasteiger partial charge in [0, 0.05) is 53.2 Å². The first-order valence-electron chi connectivity index (χ1n) is 20.7. The Morgan fingerprint density at radius 1 is 0.953 bits per heavy atom. The molecule has 18 heteroatoms. The molecule has 6 aromatic rings. The molecule has 3 heterocycles. The molecule has 0 bridgehead atoms. The summed E-state index contributed by atoms with van der Waals surface area (Å²) >= 11 is 7.45. The fraction of sp³-hybridized carbons (Fsp3) is 0.348. The van der Waals surface area contributed by atoms with Gasteiger partial charge in [0.25, 0.3) is 10.0 Å². The lowest BCUT2D eigenvalue weighted by molar-refractivity contribution is -0.140. The van der Waals surface area contributed by atoms with Crippen LogP contribution in [0, 0.1) is 45.5 Å². The van der Waals surface area contributed by atoms with Gasteiger partial charge in [-0.1, -0.05) is 76.8 Å². The molecule has 0 aliphatic carbocycles. The van der Waals surface area contributed by atoms with Crippen molar-refractivity contribution >= 4 is 84.6 Å².